The van der Waals surface area contributed by atoms with Gasteiger partial charge in [0.25, 0.3) is 0 Å². The fourth-order valence-electron chi connectivity index (χ4n) is 1.47. The Hall–Kier alpha value is -1.88. The highest BCUT2D eigenvalue weighted by Gasteiger charge is 2.08. The van der Waals surface area contributed by atoms with Crippen molar-refractivity contribution in [1.82, 2.24) is 15.5 Å². The van der Waals surface area contributed by atoms with E-state index in [0.717, 1.165) is 24.3 Å². The van der Waals surface area contributed by atoms with E-state index in [1.54, 1.807) is 7.11 Å². The van der Waals surface area contributed by atoms with Crippen molar-refractivity contribution in [3.8, 4) is 17.1 Å². The average Bonchev–Trinajstić information content (AvgIpc) is 2.85. The van der Waals surface area contributed by atoms with Crippen molar-refractivity contribution in [1.29, 1.82) is 0 Å². The second-order valence-electron chi connectivity index (χ2n) is 3.60. The topological polar surface area (TPSA) is 60.2 Å². The van der Waals surface area contributed by atoms with Crippen LogP contribution < -0.4 is 10.1 Å². The fraction of sp³-hybridized carbons (Fsp3) is 0.333. The van der Waals surface area contributed by atoms with Crippen LogP contribution in [0.1, 0.15) is 5.89 Å². The van der Waals surface area contributed by atoms with E-state index >= 15 is 0 Å². The number of hydrogen-bond acceptors (Lipinski definition) is 5. The molecule has 0 aliphatic carbocycles. The van der Waals surface area contributed by atoms with Gasteiger partial charge in [-0.3, -0.25) is 0 Å². The number of likely N-dealkylation sites (N-methyl/N-ethyl adjacent to an activating group) is 1. The quantitative estimate of drug-likeness (QED) is 0.848. The largest absolute Gasteiger partial charge is 0.497 e. The number of nitrogens with zero attached hydrogens (tertiary/aromatic N) is 2. The van der Waals surface area contributed by atoms with Gasteiger partial charge in [-0.2, -0.15) is 4.98 Å². The molecule has 0 fully saturated rings. The monoisotopic (exact) mass is 233 g/mol. The van der Waals surface area contributed by atoms with Gasteiger partial charge in [0.1, 0.15) is 5.75 Å². The molecule has 0 spiro atoms. The normalized spacial score (nSPS) is 10.5. The Kier molecular flexibility index (Phi) is 3.72. The number of aromatic nitrogens is 2. The van der Waals surface area contributed by atoms with E-state index in [1.807, 2.05) is 31.3 Å². The maximum atomic E-state index is 5.15. The lowest BCUT2D eigenvalue weighted by atomic mass is 10.2. The first-order chi connectivity index (χ1) is 8.33. The molecule has 2 rings (SSSR count). The van der Waals surface area contributed by atoms with Crippen molar-refractivity contribution in [2.24, 2.45) is 0 Å². The molecule has 0 unspecified atom stereocenters. The minimum atomic E-state index is 0.593. The molecule has 0 aliphatic rings. The van der Waals surface area contributed by atoms with E-state index in [1.165, 1.54) is 0 Å². The summed E-state index contributed by atoms with van der Waals surface area (Å²) in [6.07, 6.45) is 0.730. The molecule has 1 N–H and O–H groups in total. The summed E-state index contributed by atoms with van der Waals surface area (Å²) in [7, 11) is 3.52. The third-order valence-electron chi connectivity index (χ3n) is 2.38. The number of rotatable bonds is 5. The molecule has 17 heavy (non-hydrogen) atoms. The summed E-state index contributed by atoms with van der Waals surface area (Å²) in [4.78, 5) is 4.32. The summed E-state index contributed by atoms with van der Waals surface area (Å²) in [6, 6.07) is 7.59. The lowest BCUT2D eigenvalue weighted by Gasteiger charge is -1.99. The summed E-state index contributed by atoms with van der Waals surface area (Å²) < 4.78 is 10.3. The second kappa shape index (κ2) is 5.45. The van der Waals surface area contributed by atoms with Crippen LogP contribution in [-0.4, -0.2) is 30.8 Å². The van der Waals surface area contributed by atoms with E-state index in [4.69, 9.17) is 9.26 Å². The van der Waals surface area contributed by atoms with Crippen LogP contribution in [0, 0.1) is 0 Å². The van der Waals surface area contributed by atoms with Gasteiger partial charge in [0.15, 0.2) is 0 Å². The Morgan fingerprint density at radius 1 is 1.41 bits per heavy atom. The van der Waals surface area contributed by atoms with E-state index in [2.05, 4.69) is 15.5 Å². The first kappa shape index (κ1) is 11.6. The summed E-state index contributed by atoms with van der Waals surface area (Å²) in [6.45, 7) is 0.819. The number of hydrogen-bond donors (Lipinski definition) is 1. The molecule has 0 saturated heterocycles. The maximum Gasteiger partial charge on any atom is 0.228 e. The van der Waals surface area contributed by atoms with Crippen LogP contribution in [0.5, 0.6) is 5.75 Å². The van der Waals surface area contributed by atoms with Gasteiger partial charge in [0.2, 0.25) is 11.7 Å². The third-order valence-corrected chi connectivity index (χ3v) is 2.38. The van der Waals surface area contributed by atoms with Crippen LogP contribution in [0.4, 0.5) is 0 Å². The van der Waals surface area contributed by atoms with Crippen LogP contribution in [-0.2, 0) is 6.42 Å². The minimum Gasteiger partial charge on any atom is -0.497 e. The SMILES string of the molecule is CNCCc1nc(-c2cccc(OC)c2)no1. The molecule has 1 aromatic heterocycles. The Bertz CT molecular complexity index is 482. The molecule has 1 heterocycles. The van der Waals surface area contributed by atoms with Crippen molar-refractivity contribution in [3.05, 3.63) is 30.2 Å². The third kappa shape index (κ3) is 2.82. The summed E-state index contributed by atoms with van der Waals surface area (Å²) >= 11 is 0. The number of ether oxygens (including phenoxy) is 1. The zero-order valence-electron chi connectivity index (χ0n) is 9.93. The summed E-state index contributed by atoms with van der Waals surface area (Å²) in [5.41, 5.74) is 0.892. The standard InChI is InChI=1S/C12H15N3O2/c1-13-7-6-11-14-12(15-17-11)9-4-3-5-10(8-9)16-2/h3-5,8,13H,6-7H2,1-2H3. The summed E-state index contributed by atoms with van der Waals surface area (Å²) in [5.74, 6) is 2.01. The van der Waals surface area contributed by atoms with E-state index < -0.39 is 0 Å². The van der Waals surface area contributed by atoms with Gasteiger partial charge in [0.05, 0.1) is 7.11 Å². The van der Waals surface area contributed by atoms with Crippen molar-refractivity contribution in [2.45, 2.75) is 6.42 Å². The first-order valence-electron chi connectivity index (χ1n) is 5.45. The Morgan fingerprint density at radius 3 is 3.06 bits per heavy atom. The number of benzene rings is 1. The van der Waals surface area contributed by atoms with E-state index in [9.17, 15) is 0 Å². The predicted molar refractivity (Wildman–Crippen MR) is 63.9 cm³/mol. The molecule has 90 valence electrons. The molecule has 5 heteroatoms. The molecule has 0 amide bonds. The lowest BCUT2D eigenvalue weighted by molar-refractivity contribution is 0.377. The Morgan fingerprint density at radius 2 is 2.29 bits per heavy atom. The second-order valence-corrected chi connectivity index (χ2v) is 3.60. The Labute approximate surface area is 99.8 Å². The zero-order chi connectivity index (χ0) is 12.1. The van der Waals surface area contributed by atoms with Crippen LogP contribution in [0.25, 0.3) is 11.4 Å². The van der Waals surface area contributed by atoms with Crippen molar-refractivity contribution in [3.63, 3.8) is 0 Å². The van der Waals surface area contributed by atoms with Crippen LogP contribution in [0.3, 0.4) is 0 Å². The fourth-order valence-corrected chi connectivity index (χ4v) is 1.47. The highest BCUT2D eigenvalue weighted by atomic mass is 16.5. The molecule has 0 atom stereocenters. The molecule has 0 aliphatic heterocycles. The van der Waals surface area contributed by atoms with Crippen LogP contribution in [0.2, 0.25) is 0 Å². The highest BCUT2D eigenvalue weighted by molar-refractivity contribution is 5.56. The van der Waals surface area contributed by atoms with Crippen molar-refractivity contribution in [2.75, 3.05) is 20.7 Å². The zero-order valence-corrected chi connectivity index (χ0v) is 9.93. The van der Waals surface area contributed by atoms with Crippen molar-refractivity contribution < 1.29 is 9.26 Å². The molecule has 1 aromatic carbocycles. The molecule has 2 aromatic rings. The molecule has 5 nitrogen and oxygen atoms in total. The summed E-state index contributed by atoms with van der Waals surface area (Å²) in [5, 5.41) is 6.98. The lowest BCUT2D eigenvalue weighted by Crippen LogP contribution is -2.10. The molecule has 0 saturated carbocycles. The van der Waals surface area contributed by atoms with Gasteiger partial charge >= 0.3 is 0 Å². The van der Waals surface area contributed by atoms with Gasteiger partial charge in [-0.05, 0) is 19.2 Å². The molecule has 0 radical (unpaired) electrons. The Balaban J connectivity index is 2.18. The van der Waals surface area contributed by atoms with Gasteiger partial charge in [-0.1, -0.05) is 17.3 Å². The molecule has 0 bridgehead atoms. The van der Waals surface area contributed by atoms with E-state index in [0.29, 0.717) is 11.7 Å². The number of methoxy groups -OCH3 is 1. The maximum absolute atomic E-state index is 5.15. The molecular weight excluding hydrogens is 218 g/mol. The van der Waals surface area contributed by atoms with E-state index in [-0.39, 0.29) is 0 Å². The predicted octanol–water partition coefficient (Wildman–Crippen LogP) is 1.51. The average molecular weight is 233 g/mol. The smallest absolute Gasteiger partial charge is 0.228 e. The number of nitrogens with one attached hydrogen (secondary N) is 1. The van der Waals surface area contributed by atoms with Crippen LogP contribution in [0.15, 0.2) is 28.8 Å². The first-order valence-corrected chi connectivity index (χ1v) is 5.45. The van der Waals surface area contributed by atoms with Gasteiger partial charge in [0, 0.05) is 18.5 Å². The van der Waals surface area contributed by atoms with Gasteiger partial charge in [-0.15, -0.1) is 0 Å². The highest BCUT2D eigenvalue weighted by Crippen LogP contribution is 2.21. The molecular formula is C12H15N3O2. The van der Waals surface area contributed by atoms with Crippen LogP contribution >= 0.6 is 0 Å². The van der Waals surface area contributed by atoms with Crippen molar-refractivity contribution >= 4 is 0 Å². The minimum absolute atomic E-state index is 0.593. The van der Waals surface area contributed by atoms with Gasteiger partial charge in [-0.25, -0.2) is 0 Å². The van der Waals surface area contributed by atoms with Gasteiger partial charge < -0.3 is 14.6 Å².